The van der Waals surface area contributed by atoms with Crippen molar-refractivity contribution in [3.63, 3.8) is 0 Å². The average molecular weight is 1590 g/mol. The van der Waals surface area contributed by atoms with E-state index in [2.05, 4.69) is 384 Å². The minimum absolute atomic E-state index is 0.811. The molecule has 11 heteroatoms. The number of para-hydroxylation sites is 7. The third-order valence-corrected chi connectivity index (χ3v) is 26.3. The number of hydrogen-bond donors (Lipinski definition) is 0. The van der Waals surface area contributed by atoms with E-state index in [9.17, 15) is 0 Å². The molecule has 9 nitrogen and oxygen atoms in total. The van der Waals surface area contributed by atoms with Gasteiger partial charge in [0.2, 0.25) is 0 Å². The van der Waals surface area contributed by atoms with E-state index in [-0.39, 0.29) is 0 Å². The lowest BCUT2D eigenvalue weighted by atomic mass is 9.98. The quantitative estimate of drug-likeness (QED) is 0.111. The van der Waals surface area contributed by atoms with Crippen molar-refractivity contribution < 1.29 is 22.1 Å². The molecule has 0 aliphatic carbocycles. The standard InChI is InChI=1S/C60H34N2O3S2.C50H32N2O2/c1-5-16-51-40(10-1)45-30-35(20-25-53(45)63-51)61(37-23-28-58-48(33-37)42-12-3-7-18-56(42)66-58)36-21-27-55-47(31-36)44-14-9-15-50(60(44)65-55)62(38-22-26-54-46(32-38)41-11-2-6-17-52(41)64-54)39-24-29-59-49(34-39)43-13-4-8-19-57(43)67-59;1-3-15-34(16-4-1)51(35-17-5-2-6-18-35)36-26-29-49-44(31-36)42-23-13-24-45(50(42)54-49)52(37-27-28-48-43(32-37)41-22-11-12-25-47(41)53-48)46-30-33-14-7-8-19-38(33)39-20-9-10-21-40(39)46/h1-34H;1-32H. The van der Waals surface area contributed by atoms with Crippen LogP contribution in [-0.4, -0.2) is 0 Å². The van der Waals surface area contributed by atoms with E-state index >= 15 is 0 Å². The highest BCUT2D eigenvalue weighted by molar-refractivity contribution is 7.26. The van der Waals surface area contributed by atoms with Crippen LogP contribution in [0.15, 0.2) is 422 Å². The molecule has 0 unspecified atom stereocenters. The summed E-state index contributed by atoms with van der Waals surface area (Å²) in [6.45, 7) is 0. The van der Waals surface area contributed by atoms with Gasteiger partial charge in [0.25, 0.3) is 0 Å². The molecule has 26 aromatic rings. The molecule has 121 heavy (non-hydrogen) atoms. The zero-order valence-corrected chi connectivity index (χ0v) is 66.4. The summed E-state index contributed by atoms with van der Waals surface area (Å²) in [7, 11) is 0. The van der Waals surface area contributed by atoms with Gasteiger partial charge < -0.3 is 41.7 Å². The third kappa shape index (κ3) is 11.2. The number of benzene rings is 19. The molecule has 7 heterocycles. The molecule has 0 atom stereocenters. The van der Waals surface area contributed by atoms with E-state index in [1.807, 2.05) is 59.1 Å². The smallest absolute Gasteiger partial charge is 0.159 e. The van der Waals surface area contributed by atoms with Crippen molar-refractivity contribution >= 4 is 263 Å². The van der Waals surface area contributed by atoms with Crippen molar-refractivity contribution in [3.05, 3.63) is 400 Å². The summed E-state index contributed by atoms with van der Waals surface area (Å²) in [5.41, 5.74) is 20.9. The predicted octanol–water partition coefficient (Wildman–Crippen LogP) is 33.8. The normalized spacial score (nSPS) is 12.0. The molecule has 0 bridgehead atoms. The molecule has 0 N–H and O–H groups in total. The maximum Gasteiger partial charge on any atom is 0.159 e. The molecule has 0 aliphatic heterocycles. The van der Waals surface area contributed by atoms with Crippen LogP contribution >= 0.6 is 22.7 Å². The first-order valence-electron chi connectivity index (χ1n) is 40.6. The molecule has 19 aromatic carbocycles. The van der Waals surface area contributed by atoms with Gasteiger partial charge in [-0.3, -0.25) is 0 Å². The largest absolute Gasteiger partial charge is 0.456 e. The number of hydrogen-bond acceptors (Lipinski definition) is 11. The molecule has 0 saturated carbocycles. The molecule has 0 amide bonds. The molecule has 568 valence electrons. The van der Waals surface area contributed by atoms with Gasteiger partial charge in [0.05, 0.1) is 17.1 Å². The molecule has 0 fully saturated rings. The lowest BCUT2D eigenvalue weighted by molar-refractivity contribution is 0.668. The van der Waals surface area contributed by atoms with E-state index in [1.165, 1.54) is 56.5 Å². The van der Waals surface area contributed by atoms with Crippen LogP contribution < -0.4 is 19.6 Å². The van der Waals surface area contributed by atoms with E-state index in [0.717, 1.165) is 183 Å². The lowest BCUT2D eigenvalue weighted by Crippen LogP contribution is -2.11. The van der Waals surface area contributed by atoms with Gasteiger partial charge in [-0.15, -0.1) is 22.7 Å². The van der Waals surface area contributed by atoms with Gasteiger partial charge in [0, 0.05) is 151 Å². The van der Waals surface area contributed by atoms with Crippen LogP contribution in [0.25, 0.3) is 172 Å². The maximum absolute atomic E-state index is 7.04. The fourth-order valence-corrected chi connectivity index (χ4v) is 20.7. The van der Waals surface area contributed by atoms with Gasteiger partial charge in [0.1, 0.15) is 44.7 Å². The SMILES string of the molecule is c1ccc(N(c2ccccc2)c2ccc3oc4c(N(c5ccc6oc7ccccc7c6c5)c5cc6ccccc6c6ccccc56)cccc4c3c2)cc1.c1ccc2c(c1)oc1ccc(N(c3ccc4oc5c(N(c6ccc7oc8ccccc8c7c6)c6ccc7sc8ccccc8c7c6)cccc5c4c3)c3ccc4sc5ccccc5c4c3)cc12. The Morgan fingerprint density at radius 3 is 0.901 bits per heavy atom. The first-order chi connectivity index (χ1) is 59.9. The second-order valence-corrected chi connectivity index (χ2v) is 33.1. The minimum Gasteiger partial charge on any atom is -0.456 e. The summed E-state index contributed by atoms with van der Waals surface area (Å²) >= 11 is 3.66. The zero-order valence-electron chi connectivity index (χ0n) is 64.8. The molecular weight excluding hydrogens is 1520 g/mol. The number of anilines is 12. The molecule has 0 radical (unpaired) electrons. The Kier molecular flexibility index (Phi) is 15.6. The van der Waals surface area contributed by atoms with Gasteiger partial charge >= 0.3 is 0 Å². The lowest BCUT2D eigenvalue weighted by Gasteiger charge is -2.27. The number of furan rings is 5. The summed E-state index contributed by atoms with van der Waals surface area (Å²) < 4.78 is 38.0. The highest BCUT2D eigenvalue weighted by atomic mass is 32.1. The third-order valence-electron chi connectivity index (χ3n) is 24.0. The Morgan fingerprint density at radius 1 is 0.149 bits per heavy atom. The van der Waals surface area contributed by atoms with E-state index < -0.39 is 0 Å². The van der Waals surface area contributed by atoms with Crippen LogP contribution in [0.2, 0.25) is 0 Å². The highest BCUT2D eigenvalue weighted by Gasteiger charge is 2.28. The van der Waals surface area contributed by atoms with Gasteiger partial charge in [-0.05, 0) is 216 Å². The van der Waals surface area contributed by atoms with Gasteiger partial charge in [-0.2, -0.15) is 0 Å². The fourth-order valence-electron chi connectivity index (χ4n) is 18.5. The maximum atomic E-state index is 7.04. The molecule has 0 spiro atoms. The number of fused-ring (bicyclic) bond motifs is 24. The van der Waals surface area contributed by atoms with E-state index in [0.29, 0.717) is 0 Å². The highest BCUT2D eigenvalue weighted by Crippen LogP contribution is 2.52. The first kappa shape index (κ1) is 68.6. The van der Waals surface area contributed by atoms with Crippen LogP contribution in [-0.2, 0) is 0 Å². The Balaban J connectivity index is 0.000000137. The Morgan fingerprint density at radius 2 is 0.446 bits per heavy atom. The minimum atomic E-state index is 0.811. The summed E-state index contributed by atoms with van der Waals surface area (Å²) in [4.78, 5) is 9.37. The summed E-state index contributed by atoms with van der Waals surface area (Å²) in [5.74, 6) is 0. The summed E-state index contributed by atoms with van der Waals surface area (Å²) in [6.07, 6.45) is 0. The van der Waals surface area contributed by atoms with Gasteiger partial charge in [-0.1, -0.05) is 200 Å². The fraction of sp³-hybridized carbons (Fsp3) is 0. The Labute approximate surface area is 699 Å². The second kappa shape index (κ2) is 27.5. The Hall–Kier alpha value is -15.7. The molecule has 26 rings (SSSR count). The van der Waals surface area contributed by atoms with Crippen LogP contribution in [0.4, 0.5) is 68.2 Å². The number of nitrogens with zero attached hydrogens (tertiary/aromatic N) is 4. The topological polar surface area (TPSA) is 78.7 Å². The first-order valence-corrected chi connectivity index (χ1v) is 42.3. The van der Waals surface area contributed by atoms with Crippen molar-refractivity contribution in [1.82, 2.24) is 0 Å². The number of thiophene rings is 2. The van der Waals surface area contributed by atoms with Crippen LogP contribution in [0.3, 0.4) is 0 Å². The van der Waals surface area contributed by atoms with Crippen LogP contribution in [0, 0.1) is 0 Å². The van der Waals surface area contributed by atoms with Crippen molar-refractivity contribution in [3.8, 4) is 0 Å². The van der Waals surface area contributed by atoms with Crippen LogP contribution in [0.1, 0.15) is 0 Å². The number of rotatable bonds is 12. The molecular formula is C110H66N4O5S2. The molecule has 0 aliphatic rings. The molecule has 0 saturated heterocycles. The Bertz CT molecular complexity index is 8420. The average Bonchev–Trinajstić information content (AvgIpc) is 1.62. The molecule has 7 aromatic heterocycles. The summed E-state index contributed by atoms with van der Waals surface area (Å²) in [6, 6.07) is 142. The van der Waals surface area contributed by atoms with Gasteiger partial charge in [0.15, 0.2) is 11.2 Å². The van der Waals surface area contributed by atoms with Crippen molar-refractivity contribution in [2.24, 2.45) is 0 Å². The zero-order chi connectivity index (χ0) is 79.3. The second-order valence-electron chi connectivity index (χ2n) is 30.9. The van der Waals surface area contributed by atoms with E-state index in [1.54, 1.807) is 0 Å². The van der Waals surface area contributed by atoms with E-state index in [4.69, 9.17) is 22.1 Å². The van der Waals surface area contributed by atoms with Crippen LogP contribution in [0.5, 0.6) is 0 Å². The van der Waals surface area contributed by atoms with Gasteiger partial charge in [-0.25, -0.2) is 0 Å². The van der Waals surface area contributed by atoms with Crippen molar-refractivity contribution in [1.29, 1.82) is 0 Å². The van der Waals surface area contributed by atoms with Crippen molar-refractivity contribution in [2.45, 2.75) is 0 Å². The monoisotopic (exact) mass is 1590 g/mol. The van der Waals surface area contributed by atoms with Crippen molar-refractivity contribution in [2.75, 3.05) is 19.6 Å². The summed E-state index contributed by atoms with van der Waals surface area (Å²) in [5, 5.41) is 20.4. The predicted molar refractivity (Wildman–Crippen MR) is 509 cm³/mol.